The van der Waals surface area contributed by atoms with Crippen LogP contribution >= 0.6 is 0 Å². The van der Waals surface area contributed by atoms with Crippen LogP contribution in [0.25, 0.3) is 0 Å². The zero-order valence-electron chi connectivity index (χ0n) is 9.71. The molecular weight excluding hydrogens is 194 g/mol. The highest BCUT2D eigenvalue weighted by Crippen LogP contribution is 2.15. The number of carbonyl (C=O) groups excluding carboxylic acids is 2. The van der Waals surface area contributed by atoms with E-state index in [0.717, 1.165) is 0 Å². The summed E-state index contributed by atoms with van der Waals surface area (Å²) in [5.74, 6) is -0.0236. The molecule has 0 unspecified atom stereocenters. The van der Waals surface area contributed by atoms with Crippen molar-refractivity contribution in [3.63, 3.8) is 0 Å². The van der Waals surface area contributed by atoms with E-state index in [1.807, 2.05) is 20.8 Å². The SMILES string of the molecule is CCOC(C)(C)CN1CCC(=O)CC1=O. The highest BCUT2D eigenvalue weighted by Gasteiger charge is 2.29. The first kappa shape index (κ1) is 12.2. The molecule has 1 heterocycles. The minimum atomic E-state index is -0.329. The van der Waals surface area contributed by atoms with E-state index in [9.17, 15) is 9.59 Å². The minimum absolute atomic E-state index is 0.0467. The number of hydrogen-bond acceptors (Lipinski definition) is 3. The summed E-state index contributed by atoms with van der Waals surface area (Å²) in [6, 6.07) is 0. The molecule has 0 aliphatic carbocycles. The summed E-state index contributed by atoms with van der Waals surface area (Å²) in [6.07, 6.45) is 0.538. The van der Waals surface area contributed by atoms with Gasteiger partial charge in [0.05, 0.1) is 12.0 Å². The van der Waals surface area contributed by atoms with Crippen molar-refractivity contribution in [2.75, 3.05) is 19.7 Å². The predicted octanol–water partition coefficient (Wildman–Crippen LogP) is 0.993. The number of rotatable bonds is 4. The van der Waals surface area contributed by atoms with Gasteiger partial charge in [0.1, 0.15) is 5.78 Å². The Kier molecular flexibility index (Phi) is 3.85. The van der Waals surface area contributed by atoms with E-state index < -0.39 is 0 Å². The van der Waals surface area contributed by atoms with Crippen LogP contribution in [0, 0.1) is 0 Å². The van der Waals surface area contributed by atoms with Crippen molar-refractivity contribution >= 4 is 11.7 Å². The van der Waals surface area contributed by atoms with Crippen LogP contribution in [0.3, 0.4) is 0 Å². The summed E-state index contributed by atoms with van der Waals surface area (Å²) in [5.41, 5.74) is -0.329. The van der Waals surface area contributed by atoms with Gasteiger partial charge in [-0.3, -0.25) is 9.59 Å². The summed E-state index contributed by atoms with van der Waals surface area (Å²) in [7, 11) is 0. The molecule has 1 fully saturated rings. The molecule has 15 heavy (non-hydrogen) atoms. The Labute approximate surface area is 90.6 Å². The van der Waals surface area contributed by atoms with E-state index in [0.29, 0.717) is 26.1 Å². The van der Waals surface area contributed by atoms with E-state index >= 15 is 0 Å². The molecule has 0 bridgehead atoms. The molecule has 0 saturated carbocycles. The van der Waals surface area contributed by atoms with Crippen molar-refractivity contribution in [3.8, 4) is 0 Å². The summed E-state index contributed by atoms with van der Waals surface area (Å²) in [6.45, 7) is 7.58. The number of carbonyl (C=O) groups is 2. The molecule has 1 saturated heterocycles. The first-order valence-electron chi connectivity index (χ1n) is 5.38. The monoisotopic (exact) mass is 213 g/mol. The number of nitrogens with zero attached hydrogens (tertiary/aromatic N) is 1. The van der Waals surface area contributed by atoms with Crippen molar-refractivity contribution in [1.29, 1.82) is 0 Å². The lowest BCUT2D eigenvalue weighted by molar-refractivity contribution is -0.143. The average Bonchev–Trinajstić information content (AvgIpc) is 2.09. The number of Topliss-reactive ketones (excluding diaryl/α,β-unsaturated/α-hetero) is 1. The van der Waals surface area contributed by atoms with E-state index in [-0.39, 0.29) is 23.7 Å². The fourth-order valence-electron chi connectivity index (χ4n) is 1.82. The van der Waals surface area contributed by atoms with Crippen LogP contribution in [0.4, 0.5) is 0 Å². The molecule has 0 radical (unpaired) electrons. The van der Waals surface area contributed by atoms with E-state index in [1.165, 1.54) is 0 Å². The molecule has 1 aliphatic rings. The molecular formula is C11H19NO3. The number of likely N-dealkylation sites (tertiary alicyclic amines) is 1. The molecule has 0 atom stereocenters. The Morgan fingerprint density at radius 3 is 2.60 bits per heavy atom. The second-order valence-electron chi connectivity index (χ2n) is 4.47. The van der Waals surface area contributed by atoms with Gasteiger partial charge in [-0.2, -0.15) is 0 Å². The summed E-state index contributed by atoms with van der Waals surface area (Å²) in [5, 5.41) is 0. The lowest BCUT2D eigenvalue weighted by Crippen LogP contribution is -2.47. The van der Waals surface area contributed by atoms with Crippen molar-refractivity contribution in [1.82, 2.24) is 4.90 Å². The smallest absolute Gasteiger partial charge is 0.230 e. The molecule has 0 N–H and O–H groups in total. The van der Waals surface area contributed by atoms with Gasteiger partial charge < -0.3 is 9.64 Å². The highest BCUT2D eigenvalue weighted by molar-refractivity contribution is 6.00. The van der Waals surface area contributed by atoms with Crippen LogP contribution < -0.4 is 0 Å². The Hall–Kier alpha value is -0.900. The fourth-order valence-corrected chi connectivity index (χ4v) is 1.82. The van der Waals surface area contributed by atoms with Gasteiger partial charge in [-0.15, -0.1) is 0 Å². The molecule has 1 rings (SSSR count). The first-order valence-corrected chi connectivity index (χ1v) is 5.38. The third kappa shape index (κ3) is 3.63. The Morgan fingerprint density at radius 1 is 1.40 bits per heavy atom. The average molecular weight is 213 g/mol. The maximum absolute atomic E-state index is 11.5. The molecule has 0 aromatic carbocycles. The molecule has 4 nitrogen and oxygen atoms in total. The molecule has 4 heteroatoms. The van der Waals surface area contributed by atoms with Gasteiger partial charge >= 0.3 is 0 Å². The van der Waals surface area contributed by atoms with Gasteiger partial charge in [0.25, 0.3) is 0 Å². The van der Waals surface area contributed by atoms with Crippen LogP contribution in [0.15, 0.2) is 0 Å². The first-order chi connectivity index (χ1) is 6.94. The largest absolute Gasteiger partial charge is 0.374 e. The van der Waals surface area contributed by atoms with Gasteiger partial charge in [0.2, 0.25) is 5.91 Å². The maximum Gasteiger partial charge on any atom is 0.230 e. The summed E-state index contributed by atoms with van der Waals surface area (Å²) >= 11 is 0. The lowest BCUT2D eigenvalue weighted by Gasteiger charge is -2.34. The topological polar surface area (TPSA) is 46.6 Å². The van der Waals surface area contributed by atoms with Crippen LogP contribution in [-0.2, 0) is 14.3 Å². The molecule has 0 aromatic heterocycles. The molecule has 1 amide bonds. The number of hydrogen-bond donors (Lipinski definition) is 0. The van der Waals surface area contributed by atoms with Gasteiger partial charge in [0, 0.05) is 26.1 Å². The number of ketones is 1. The van der Waals surface area contributed by atoms with Gasteiger partial charge in [-0.1, -0.05) is 0 Å². The number of piperidine rings is 1. The Balaban J connectivity index is 2.51. The van der Waals surface area contributed by atoms with Crippen molar-refractivity contribution in [3.05, 3.63) is 0 Å². The standard InChI is InChI=1S/C11H19NO3/c1-4-15-11(2,3)8-12-6-5-9(13)7-10(12)14/h4-8H2,1-3H3. The minimum Gasteiger partial charge on any atom is -0.374 e. The zero-order valence-corrected chi connectivity index (χ0v) is 9.71. The van der Waals surface area contributed by atoms with Gasteiger partial charge in [0.15, 0.2) is 0 Å². The maximum atomic E-state index is 11.5. The normalized spacial score (nSPS) is 18.5. The van der Waals surface area contributed by atoms with Gasteiger partial charge in [-0.25, -0.2) is 0 Å². The van der Waals surface area contributed by atoms with E-state index in [4.69, 9.17) is 4.74 Å². The quantitative estimate of drug-likeness (QED) is 0.654. The molecule has 0 aromatic rings. The lowest BCUT2D eigenvalue weighted by atomic mass is 10.0. The Bertz CT molecular complexity index is 261. The van der Waals surface area contributed by atoms with Crippen LogP contribution in [-0.4, -0.2) is 41.9 Å². The summed E-state index contributed by atoms with van der Waals surface area (Å²) in [4.78, 5) is 24.3. The Morgan fingerprint density at radius 2 is 2.07 bits per heavy atom. The molecule has 86 valence electrons. The van der Waals surface area contributed by atoms with Crippen molar-refractivity contribution in [2.24, 2.45) is 0 Å². The number of amides is 1. The van der Waals surface area contributed by atoms with E-state index in [1.54, 1.807) is 4.90 Å². The van der Waals surface area contributed by atoms with Crippen LogP contribution in [0.1, 0.15) is 33.6 Å². The van der Waals surface area contributed by atoms with Crippen LogP contribution in [0.5, 0.6) is 0 Å². The second-order valence-corrected chi connectivity index (χ2v) is 4.47. The van der Waals surface area contributed by atoms with Gasteiger partial charge in [-0.05, 0) is 20.8 Å². The van der Waals surface area contributed by atoms with Crippen molar-refractivity contribution in [2.45, 2.75) is 39.2 Å². The highest BCUT2D eigenvalue weighted by atomic mass is 16.5. The fraction of sp³-hybridized carbons (Fsp3) is 0.818. The predicted molar refractivity (Wildman–Crippen MR) is 56.5 cm³/mol. The molecule has 0 spiro atoms. The van der Waals surface area contributed by atoms with Crippen molar-refractivity contribution < 1.29 is 14.3 Å². The third-order valence-corrected chi connectivity index (χ3v) is 2.47. The van der Waals surface area contributed by atoms with Crippen LogP contribution in [0.2, 0.25) is 0 Å². The zero-order chi connectivity index (χ0) is 11.5. The second kappa shape index (κ2) is 4.75. The molecule has 1 aliphatic heterocycles. The third-order valence-electron chi connectivity index (χ3n) is 2.47. The number of ether oxygens (including phenoxy) is 1. The summed E-state index contributed by atoms with van der Waals surface area (Å²) < 4.78 is 5.53. The van der Waals surface area contributed by atoms with E-state index in [2.05, 4.69) is 0 Å².